The Kier molecular flexibility index (Phi) is 4.79. The summed E-state index contributed by atoms with van der Waals surface area (Å²) in [5.41, 5.74) is 3.00. The van der Waals surface area contributed by atoms with Crippen LogP contribution in [0.3, 0.4) is 0 Å². The second-order valence-corrected chi connectivity index (χ2v) is 5.32. The Labute approximate surface area is 136 Å². The number of rotatable bonds is 5. The standard InChI is InChI=1S/C20H18N2O/c23-20(18-11-13-21-14-12-18)22-15-19(16-7-3-1-4-8-16)17-9-5-2-6-10-17/h1-14,19H,15H2,(H,22,23). The van der Waals surface area contributed by atoms with E-state index in [4.69, 9.17) is 0 Å². The molecule has 0 bridgehead atoms. The average molecular weight is 302 g/mol. The van der Waals surface area contributed by atoms with Crippen LogP contribution in [0.2, 0.25) is 0 Å². The normalized spacial score (nSPS) is 10.5. The van der Waals surface area contributed by atoms with E-state index in [-0.39, 0.29) is 11.8 Å². The van der Waals surface area contributed by atoms with Crippen LogP contribution >= 0.6 is 0 Å². The zero-order valence-electron chi connectivity index (χ0n) is 12.7. The van der Waals surface area contributed by atoms with E-state index in [1.54, 1.807) is 24.5 Å². The Morgan fingerprint density at radius 1 is 0.826 bits per heavy atom. The van der Waals surface area contributed by atoms with E-state index >= 15 is 0 Å². The lowest BCUT2D eigenvalue weighted by Crippen LogP contribution is -2.28. The molecule has 1 heterocycles. The summed E-state index contributed by atoms with van der Waals surface area (Å²) in [6.45, 7) is 0.551. The van der Waals surface area contributed by atoms with Gasteiger partial charge in [0.25, 0.3) is 5.91 Å². The summed E-state index contributed by atoms with van der Waals surface area (Å²) in [6, 6.07) is 23.9. The Balaban J connectivity index is 1.79. The molecule has 1 aromatic heterocycles. The SMILES string of the molecule is O=C(NCC(c1ccccc1)c1ccccc1)c1ccncc1. The van der Waals surface area contributed by atoms with E-state index in [0.29, 0.717) is 12.1 Å². The summed E-state index contributed by atoms with van der Waals surface area (Å²) in [6.07, 6.45) is 3.25. The number of pyridine rings is 1. The molecule has 114 valence electrons. The molecule has 0 aliphatic rings. The zero-order valence-corrected chi connectivity index (χ0v) is 12.7. The van der Waals surface area contributed by atoms with Crippen molar-refractivity contribution in [1.29, 1.82) is 0 Å². The van der Waals surface area contributed by atoms with Gasteiger partial charge in [0, 0.05) is 30.4 Å². The van der Waals surface area contributed by atoms with Gasteiger partial charge in [-0.3, -0.25) is 9.78 Å². The molecule has 0 saturated carbocycles. The number of nitrogens with one attached hydrogen (secondary N) is 1. The van der Waals surface area contributed by atoms with E-state index in [2.05, 4.69) is 34.6 Å². The average Bonchev–Trinajstić information content (AvgIpc) is 2.64. The first-order valence-corrected chi connectivity index (χ1v) is 7.63. The molecule has 3 nitrogen and oxygen atoms in total. The number of hydrogen-bond acceptors (Lipinski definition) is 2. The fraction of sp³-hybridized carbons (Fsp3) is 0.100. The number of nitrogens with zero attached hydrogens (tertiary/aromatic N) is 1. The summed E-state index contributed by atoms with van der Waals surface area (Å²) >= 11 is 0. The number of aromatic nitrogens is 1. The highest BCUT2D eigenvalue weighted by Gasteiger charge is 2.15. The quantitative estimate of drug-likeness (QED) is 0.782. The van der Waals surface area contributed by atoms with E-state index < -0.39 is 0 Å². The lowest BCUT2D eigenvalue weighted by Gasteiger charge is -2.19. The third-order valence-corrected chi connectivity index (χ3v) is 3.81. The van der Waals surface area contributed by atoms with Crippen molar-refractivity contribution in [2.24, 2.45) is 0 Å². The molecule has 0 aliphatic carbocycles. The van der Waals surface area contributed by atoms with E-state index in [1.165, 1.54) is 11.1 Å². The third kappa shape index (κ3) is 3.83. The molecule has 0 atom stereocenters. The molecule has 1 N–H and O–H groups in total. The Morgan fingerprint density at radius 3 is 1.87 bits per heavy atom. The number of hydrogen-bond donors (Lipinski definition) is 1. The van der Waals surface area contributed by atoms with Crippen molar-refractivity contribution in [3.05, 3.63) is 102 Å². The van der Waals surface area contributed by atoms with Gasteiger partial charge in [-0.2, -0.15) is 0 Å². The van der Waals surface area contributed by atoms with Gasteiger partial charge in [-0.25, -0.2) is 0 Å². The van der Waals surface area contributed by atoms with Crippen LogP contribution in [0.25, 0.3) is 0 Å². The first-order chi connectivity index (χ1) is 11.3. The second-order valence-electron chi connectivity index (χ2n) is 5.32. The Bertz CT molecular complexity index is 703. The van der Waals surface area contributed by atoms with Crippen LogP contribution in [-0.2, 0) is 0 Å². The van der Waals surface area contributed by atoms with Crippen LogP contribution in [0.4, 0.5) is 0 Å². The highest BCUT2D eigenvalue weighted by molar-refractivity contribution is 5.94. The monoisotopic (exact) mass is 302 g/mol. The largest absolute Gasteiger partial charge is 0.351 e. The first kappa shape index (κ1) is 15.0. The molecule has 0 fully saturated rings. The van der Waals surface area contributed by atoms with Crippen LogP contribution in [0.5, 0.6) is 0 Å². The minimum absolute atomic E-state index is 0.0794. The Morgan fingerprint density at radius 2 is 1.35 bits per heavy atom. The van der Waals surface area contributed by atoms with Crippen LogP contribution in [0.15, 0.2) is 85.2 Å². The maximum absolute atomic E-state index is 12.3. The fourth-order valence-electron chi connectivity index (χ4n) is 2.60. The van der Waals surface area contributed by atoms with Crippen LogP contribution in [0.1, 0.15) is 27.4 Å². The maximum atomic E-state index is 12.3. The molecule has 0 aliphatic heterocycles. The molecule has 0 unspecified atom stereocenters. The molecule has 23 heavy (non-hydrogen) atoms. The fourth-order valence-corrected chi connectivity index (χ4v) is 2.60. The van der Waals surface area contributed by atoms with Gasteiger partial charge in [-0.15, -0.1) is 0 Å². The molecule has 2 aromatic carbocycles. The lowest BCUT2D eigenvalue weighted by atomic mass is 9.91. The predicted octanol–water partition coefficient (Wildman–Crippen LogP) is 3.64. The Hall–Kier alpha value is -2.94. The summed E-state index contributed by atoms with van der Waals surface area (Å²) in [7, 11) is 0. The van der Waals surface area contributed by atoms with Crippen molar-refractivity contribution in [3.63, 3.8) is 0 Å². The summed E-state index contributed by atoms with van der Waals surface area (Å²) < 4.78 is 0. The van der Waals surface area contributed by atoms with E-state index in [9.17, 15) is 4.79 Å². The molecule has 3 aromatic rings. The molecule has 0 saturated heterocycles. The maximum Gasteiger partial charge on any atom is 0.251 e. The van der Waals surface area contributed by atoms with Crippen molar-refractivity contribution in [2.75, 3.05) is 6.54 Å². The highest BCUT2D eigenvalue weighted by atomic mass is 16.1. The summed E-state index contributed by atoms with van der Waals surface area (Å²) in [5.74, 6) is 0.0486. The van der Waals surface area contributed by atoms with Gasteiger partial charge < -0.3 is 5.32 Å². The van der Waals surface area contributed by atoms with Gasteiger partial charge in [0.1, 0.15) is 0 Å². The van der Waals surface area contributed by atoms with Crippen molar-refractivity contribution in [2.45, 2.75) is 5.92 Å². The number of amides is 1. The van der Waals surface area contributed by atoms with Gasteiger partial charge in [-0.05, 0) is 23.3 Å². The molecule has 0 radical (unpaired) electrons. The van der Waals surface area contributed by atoms with Gasteiger partial charge in [-0.1, -0.05) is 60.7 Å². The highest BCUT2D eigenvalue weighted by Crippen LogP contribution is 2.23. The molecule has 3 heteroatoms. The van der Waals surface area contributed by atoms with Gasteiger partial charge in [0.2, 0.25) is 0 Å². The van der Waals surface area contributed by atoms with Crippen LogP contribution < -0.4 is 5.32 Å². The third-order valence-electron chi connectivity index (χ3n) is 3.81. The first-order valence-electron chi connectivity index (χ1n) is 7.63. The summed E-state index contributed by atoms with van der Waals surface area (Å²) in [4.78, 5) is 16.2. The minimum Gasteiger partial charge on any atom is -0.351 e. The number of carbonyl (C=O) groups excluding carboxylic acids is 1. The number of benzene rings is 2. The topological polar surface area (TPSA) is 42.0 Å². The van der Waals surface area contributed by atoms with Gasteiger partial charge >= 0.3 is 0 Å². The number of carbonyl (C=O) groups is 1. The molecule has 3 rings (SSSR count). The van der Waals surface area contributed by atoms with Crippen molar-refractivity contribution >= 4 is 5.91 Å². The minimum atomic E-state index is -0.0794. The molecular formula is C20H18N2O. The van der Waals surface area contributed by atoms with Crippen LogP contribution in [0, 0.1) is 0 Å². The second kappa shape index (κ2) is 7.36. The molecular weight excluding hydrogens is 284 g/mol. The van der Waals surface area contributed by atoms with E-state index in [1.807, 2.05) is 36.4 Å². The van der Waals surface area contributed by atoms with Gasteiger partial charge in [0.05, 0.1) is 0 Å². The predicted molar refractivity (Wildman–Crippen MR) is 91.3 cm³/mol. The van der Waals surface area contributed by atoms with Gasteiger partial charge in [0.15, 0.2) is 0 Å². The summed E-state index contributed by atoms with van der Waals surface area (Å²) in [5, 5.41) is 3.03. The van der Waals surface area contributed by atoms with Crippen molar-refractivity contribution in [1.82, 2.24) is 10.3 Å². The molecule has 1 amide bonds. The smallest absolute Gasteiger partial charge is 0.251 e. The van der Waals surface area contributed by atoms with Crippen molar-refractivity contribution < 1.29 is 4.79 Å². The zero-order chi connectivity index (χ0) is 15.9. The van der Waals surface area contributed by atoms with Crippen molar-refractivity contribution in [3.8, 4) is 0 Å². The van der Waals surface area contributed by atoms with E-state index in [0.717, 1.165) is 0 Å². The molecule has 0 spiro atoms. The lowest BCUT2D eigenvalue weighted by molar-refractivity contribution is 0.0952. The van der Waals surface area contributed by atoms with Crippen LogP contribution in [-0.4, -0.2) is 17.4 Å².